The molecule has 35 heavy (non-hydrogen) atoms. The first kappa shape index (κ1) is 26.1. The number of pyridine rings is 1. The summed E-state index contributed by atoms with van der Waals surface area (Å²) in [6.07, 6.45) is -2.53. The zero-order chi connectivity index (χ0) is 25.8. The SMILES string of the molecule is CNC(O)c1ccc(Nc2ncc(C(F)(F)F)c(NCc3ncccc3N(C)S(C)(=O)=O)n2)cc1. The van der Waals surface area contributed by atoms with Crippen molar-refractivity contribution in [3.05, 3.63) is 65.6 Å². The van der Waals surface area contributed by atoms with Crippen molar-refractivity contribution < 1.29 is 26.7 Å². The largest absolute Gasteiger partial charge is 0.421 e. The summed E-state index contributed by atoms with van der Waals surface area (Å²) in [5.41, 5.74) is 0.417. The molecule has 3 rings (SSSR count). The van der Waals surface area contributed by atoms with Gasteiger partial charge in [0.2, 0.25) is 16.0 Å². The monoisotopic (exact) mass is 511 g/mol. The van der Waals surface area contributed by atoms with Crippen molar-refractivity contribution in [3.8, 4) is 0 Å². The lowest BCUT2D eigenvalue weighted by atomic mass is 10.2. The number of hydrogen-bond acceptors (Lipinski definition) is 9. The number of alkyl halides is 3. The van der Waals surface area contributed by atoms with Crippen LogP contribution in [0.15, 0.2) is 48.8 Å². The van der Waals surface area contributed by atoms with Crippen LogP contribution >= 0.6 is 0 Å². The lowest BCUT2D eigenvalue weighted by molar-refractivity contribution is -0.137. The van der Waals surface area contributed by atoms with Crippen LogP contribution in [-0.2, 0) is 22.7 Å². The van der Waals surface area contributed by atoms with Crippen LogP contribution in [0, 0.1) is 0 Å². The molecule has 0 amide bonds. The molecule has 1 unspecified atom stereocenters. The number of aliphatic hydroxyl groups is 1. The Bertz CT molecular complexity index is 1270. The molecule has 3 aromatic rings. The number of benzene rings is 1. The maximum Gasteiger partial charge on any atom is 0.421 e. The third kappa shape index (κ3) is 6.55. The third-order valence-electron chi connectivity index (χ3n) is 4.98. The zero-order valence-corrected chi connectivity index (χ0v) is 19.8. The molecule has 1 aromatic carbocycles. The van der Waals surface area contributed by atoms with E-state index in [2.05, 4.69) is 30.9 Å². The smallest absolute Gasteiger partial charge is 0.374 e. The predicted octanol–water partition coefficient (Wildman–Crippen LogP) is 2.85. The van der Waals surface area contributed by atoms with E-state index in [0.29, 0.717) is 17.4 Å². The zero-order valence-electron chi connectivity index (χ0n) is 19.0. The van der Waals surface area contributed by atoms with Crippen molar-refractivity contribution in [1.29, 1.82) is 0 Å². The molecule has 0 aliphatic rings. The molecule has 2 aromatic heterocycles. The van der Waals surface area contributed by atoms with Gasteiger partial charge in [-0.15, -0.1) is 0 Å². The van der Waals surface area contributed by atoms with Crippen LogP contribution < -0.4 is 20.3 Å². The van der Waals surface area contributed by atoms with Gasteiger partial charge in [0.25, 0.3) is 0 Å². The van der Waals surface area contributed by atoms with E-state index < -0.39 is 33.8 Å². The molecule has 4 N–H and O–H groups in total. The Morgan fingerprint density at radius 2 is 1.83 bits per heavy atom. The fraction of sp³-hybridized carbons (Fsp3) is 0.286. The summed E-state index contributed by atoms with van der Waals surface area (Å²) in [6.45, 7) is -0.230. The van der Waals surface area contributed by atoms with Gasteiger partial charge in [-0.3, -0.25) is 14.6 Å². The Hall–Kier alpha value is -3.49. The van der Waals surface area contributed by atoms with Crippen molar-refractivity contribution in [2.24, 2.45) is 0 Å². The van der Waals surface area contributed by atoms with Gasteiger partial charge in [-0.05, 0) is 36.9 Å². The normalized spacial score (nSPS) is 12.8. The Labute approximate surface area is 200 Å². The second kappa shape index (κ2) is 10.4. The molecule has 0 bridgehead atoms. The molecule has 0 aliphatic heterocycles. The summed E-state index contributed by atoms with van der Waals surface area (Å²) in [7, 11) is -0.698. The van der Waals surface area contributed by atoms with E-state index >= 15 is 0 Å². The fourth-order valence-electron chi connectivity index (χ4n) is 3.03. The van der Waals surface area contributed by atoms with Crippen LogP contribution in [0.25, 0.3) is 0 Å². The topological polar surface area (TPSA) is 132 Å². The molecule has 0 radical (unpaired) electrons. The highest BCUT2D eigenvalue weighted by Crippen LogP contribution is 2.34. The van der Waals surface area contributed by atoms with E-state index in [1.165, 1.54) is 25.4 Å². The van der Waals surface area contributed by atoms with Crippen molar-refractivity contribution in [2.45, 2.75) is 18.9 Å². The number of anilines is 4. The molecule has 2 heterocycles. The first-order valence-corrected chi connectivity index (χ1v) is 12.0. The quantitative estimate of drug-likeness (QED) is 0.320. The summed E-state index contributed by atoms with van der Waals surface area (Å²) < 4.78 is 65.6. The van der Waals surface area contributed by atoms with Crippen molar-refractivity contribution in [3.63, 3.8) is 0 Å². The Balaban J connectivity index is 1.87. The molecular formula is C21H24F3N7O3S. The first-order valence-electron chi connectivity index (χ1n) is 10.2. The molecule has 0 saturated heterocycles. The van der Waals surface area contributed by atoms with Crippen molar-refractivity contribution in [1.82, 2.24) is 20.3 Å². The molecule has 10 nitrogen and oxygen atoms in total. The third-order valence-corrected chi connectivity index (χ3v) is 6.17. The highest BCUT2D eigenvalue weighted by molar-refractivity contribution is 7.92. The highest BCUT2D eigenvalue weighted by Gasteiger charge is 2.35. The Kier molecular flexibility index (Phi) is 7.77. The number of nitrogens with one attached hydrogen (secondary N) is 3. The maximum absolute atomic E-state index is 13.6. The number of nitrogens with zero attached hydrogens (tertiary/aromatic N) is 4. The van der Waals surface area contributed by atoms with Crippen molar-refractivity contribution >= 4 is 33.2 Å². The average molecular weight is 512 g/mol. The molecule has 0 saturated carbocycles. The fourth-order valence-corrected chi connectivity index (χ4v) is 3.55. The Morgan fingerprint density at radius 1 is 1.14 bits per heavy atom. The summed E-state index contributed by atoms with van der Waals surface area (Å²) in [5.74, 6) is -0.604. The van der Waals surface area contributed by atoms with Crippen LogP contribution in [0.3, 0.4) is 0 Å². The van der Waals surface area contributed by atoms with E-state index in [4.69, 9.17) is 0 Å². The van der Waals surface area contributed by atoms with E-state index in [0.717, 1.165) is 10.6 Å². The van der Waals surface area contributed by atoms with Gasteiger partial charge in [-0.2, -0.15) is 18.2 Å². The maximum atomic E-state index is 13.6. The van der Waals surface area contributed by atoms with Gasteiger partial charge in [0.05, 0.1) is 24.2 Å². The van der Waals surface area contributed by atoms with Gasteiger partial charge in [0.1, 0.15) is 17.6 Å². The number of rotatable bonds is 9. The van der Waals surface area contributed by atoms with E-state index in [1.807, 2.05) is 0 Å². The van der Waals surface area contributed by atoms with Crippen LogP contribution in [0.1, 0.15) is 23.0 Å². The van der Waals surface area contributed by atoms with Crippen LogP contribution in [0.5, 0.6) is 0 Å². The molecule has 0 aliphatic carbocycles. The minimum absolute atomic E-state index is 0.100. The number of hydrogen-bond donors (Lipinski definition) is 4. The number of sulfonamides is 1. The van der Waals surface area contributed by atoms with Gasteiger partial charge in [-0.1, -0.05) is 12.1 Å². The van der Waals surface area contributed by atoms with E-state index in [9.17, 15) is 26.7 Å². The predicted molar refractivity (Wildman–Crippen MR) is 126 cm³/mol. The second-order valence-corrected chi connectivity index (χ2v) is 9.46. The molecular weight excluding hydrogens is 487 g/mol. The van der Waals surface area contributed by atoms with Gasteiger partial charge < -0.3 is 15.7 Å². The lowest BCUT2D eigenvalue weighted by Gasteiger charge is -2.20. The minimum atomic E-state index is -4.73. The first-order chi connectivity index (χ1) is 16.4. The minimum Gasteiger partial charge on any atom is -0.374 e. The standard InChI is InChI=1S/C21H24F3N7O3S/c1-25-19(32)13-6-8-14(9-7-13)29-20-28-11-15(21(22,23)24)18(30-20)27-12-16-17(5-4-10-26-16)31(2)35(3,33)34/h4-11,19,25,32H,12H2,1-3H3,(H2,27,28,29,30). The molecule has 0 spiro atoms. The average Bonchev–Trinajstić information content (AvgIpc) is 2.81. The van der Waals surface area contributed by atoms with Crippen LogP contribution in [0.4, 0.5) is 36.3 Å². The van der Waals surface area contributed by atoms with Gasteiger partial charge in [0.15, 0.2) is 0 Å². The lowest BCUT2D eigenvalue weighted by Crippen LogP contribution is -2.26. The molecule has 0 fully saturated rings. The van der Waals surface area contributed by atoms with E-state index in [1.54, 1.807) is 31.3 Å². The van der Waals surface area contributed by atoms with Gasteiger partial charge in [-0.25, -0.2) is 13.4 Å². The second-order valence-electron chi connectivity index (χ2n) is 7.45. The van der Waals surface area contributed by atoms with E-state index in [-0.39, 0.29) is 23.9 Å². The van der Waals surface area contributed by atoms with Gasteiger partial charge >= 0.3 is 6.18 Å². The highest BCUT2D eigenvalue weighted by atomic mass is 32.2. The van der Waals surface area contributed by atoms with Gasteiger partial charge in [0, 0.05) is 25.1 Å². The van der Waals surface area contributed by atoms with Crippen LogP contribution in [-0.4, -0.2) is 48.8 Å². The number of halogens is 3. The summed E-state index contributed by atoms with van der Waals surface area (Å²) in [4.78, 5) is 11.8. The Morgan fingerprint density at radius 3 is 2.43 bits per heavy atom. The summed E-state index contributed by atoms with van der Waals surface area (Å²) in [6, 6.07) is 9.52. The summed E-state index contributed by atoms with van der Waals surface area (Å²) in [5, 5.41) is 17.9. The van der Waals surface area contributed by atoms with Crippen LogP contribution in [0.2, 0.25) is 0 Å². The number of aliphatic hydroxyl groups excluding tert-OH is 1. The molecule has 188 valence electrons. The molecule has 14 heteroatoms. The van der Waals surface area contributed by atoms with Crippen molar-refractivity contribution in [2.75, 3.05) is 35.3 Å². The molecule has 1 atom stereocenters. The number of aromatic nitrogens is 3. The summed E-state index contributed by atoms with van der Waals surface area (Å²) >= 11 is 0.